The predicted molar refractivity (Wildman–Crippen MR) is 108 cm³/mol. The highest BCUT2D eigenvalue weighted by Crippen LogP contribution is 2.53. The summed E-state index contributed by atoms with van der Waals surface area (Å²) in [6.07, 6.45) is 0.615. The van der Waals surface area contributed by atoms with Gasteiger partial charge in [-0.3, -0.25) is 4.79 Å². The number of carboxylic acids is 1. The number of carbonyl (C=O) groups excluding carboxylic acids is 1. The lowest BCUT2D eigenvalue weighted by Crippen LogP contribution is -2.34. The first-order valence-electron chi connectivity index (χ1n) is 11.2. The molecule has 0 saturated heterocycles. The molecule has 2 aromatic carbocycles. The van der Waals surface area contributed by atoms with Crippen LogP contribution < -0.4 is 14.2 Å². The minimum Gasteiger partial charge on any atom is -0.493 e. The molecule has 0 radical (unpaired) electrons. The number of rotatable bonds is 8. The molecule has 7 nitrogen and oxygen atoms in total. The fourth-order valence-corrected chi connectivity index (χ4v) is 3.98. The number of esters is 1. The van der Waals surface area contributed by atoms with Gasteiger partial charge in [0.25, 0.3) is 0 Å². The second kappa shape index (κ2) is 7.55. The Bertz CT molecular complexity index is 1110. The molecule has 1 atom stereocenters. The van der Waals surface area contributed by atoms with Crippen LogP contribution in [0.25, 0.3) is 11.1 Å². The average molecular weight is 415 g/mol. The molecule has 1 heterocycles. The number of methoxy groups -OCH3 is 2. The molecule has 1 aliphatic heterocycles. The van der Waals surface area contributed by atoms with Crippen LogP contribution in [0.1, 0.15) is 46.2 Å². The monoisotopic (exact) mass is 415 g/mol. The number of aliphatic carboxylic acids is 1. The van der Waals surface area contributed by atoms with Crippen LogP contribution >= 0.6 is 0 Å². The second-order valence-electron chi connectivity index (χ2n) is 7.50. The number of cyclic esters (lactones) is 1. The fraction of sp³-hybridized carbons (Fsp3) is 0.391. The first kappa shape index (κ1) is 16.6. The molecule has 1 aliphatic carbocycles. The molecule has 2 aliphatic rings. The molecule has 0 amide bonds. The van der Waals surface area contributed by atoms with Crippen molar-refractivity contribution in [3.8, 4) is 28.4 Å². The molecule has 0 bridgehead atoms. The zero-order valence-electron chi connectivity index (χ0n) is 19.7. The Morgan fingerprint density at radius 1 is 1.23 bits per heavy atom. The largest absolute Gasteiger partial charge is 0.493 e. The van der Waals surface area contributed by atoms with Crippen LogP contribution in [-0.4, -0.2) is 37.3 Å². The van der Waals surface area contributed by atoms with Crippen LogP contribution in [-0.2, 0) is 16.1 Å². The van der Waals surface area contributed by atoms with E-state index in [9.17, 15) is 14.7 Å². The van der Waals surface area contributed by atoms with E-state index >= 15 is 0 Å². The summed E-state index contributed by atoms with van der Waals surface area (Å²) in [5.74, 6) is -1.28. The highest BCUT2D eigenvalue weighted by atomic mass is 16.5. The lowest BCUT2D eigenvalue weighted by molar-refractivity contribution is -0.147. The Kier molecular flexibility index (Phi) is 4.17. The van der Waals surface area contributed by atoms with E-state index in [1.54, 1.807) is 30.3 Å². The number of carboxylic acid groups (broad SMARTS) is 1. The van der Waals surface area contributed by atoms with Gasteiger partial charge in [0.1, 0.15) is 18.1 Å². The van der Waals surface area contributed by atoms with Crippen molar-refractivity contribution in [3.05, 3.63) is 41.5 Å². The quantitative estimate of drug-likeness (QED) is 0.650. The van der Waals surface area contributed by atoms with E-state index in [0.29, 0.717) is 41.5 Å². The highest BCUT2D eigenvalue weighted by molar-refractivity contribution is 5.94. The maximum atomic E-state index is 12.0. The van der Waals surface area contributed by atoms with Gasteiger partial charge in [0.2, 0.25) is 5.75 Å². The molecule has 2 aromatic rings. The maximum Gasteiger partial charge on any atom is 0.338 e. The Hall–Kier alpha value is -3.22. The first-order chi connectivity index (χ1) is 15.6. The average Bonchev–Trinajstić information content (AvgIpc) is 3.49. The van der Waals surface area contributed by atoms with Crippen LogP contribution in [0.3, 0.4) is 0 Å². The summed E-state index contributed by atoms with van der Waals surface area (Å²) in [4.78, 5) is 23.8. The second-order valence-corrected chi connectivity index (χ2v) is 7.50. The van der Waals surface area contributed by atoms with Crippen molar-refractivity contribution in [2.24, 2.45) is 5.41 Å². The smallest absolute Gasteiger partial charge is 0.338 e. The Morgan fingerprint density at radius 2 is 2.00 bits per heavy atom. The van der Waals surface area contributed by atoms with Gasteiger partial charge in [-0.1, -0.05) is 13.0 Å². The van der Waals surface area contributed by atoms with Crippen LogP contribution in [0, 0.1) is 5.41 Å². The van der Waals surface area contributed by atoms with Gasteiger partial charge in [-0.05, 0) is 49.1 Å². The van der Waals surface area contributed by atoms with Crippen molar-refractivity contribution >= 4 is 11.9 Å². The minimum absolute atomic E-state index is 0.0787. The molecule has 4 rings (SSSR count). The molecule has 1 unspecified atom stereocenters. The number of hydrogen-bond acceptors (Lipinski definition) is 6. The standard InChI is InChI=1S/C23H24O7/c1-4-18(23(9-10-23)22(25)26)30-19-15(7-8-17(27-2)20(19)28-3)13-5-6-16-14(11-13)12-29-21(16)24/h5-8,11,18H,4,9-10,12H2,1-3H3,(H,25,26)/i3D3. The van der Waals surface area contributed by atoms with Crippen LogP contribution in [0.15, 0.2) is 30.3 Å². The Labute approximate surface area is 178 Å². The van der Waals surface area contributed by atoms with E-state index in [1.807, 2.05) is 6.92 Å². The summed E-state index contributed by atoms with van der Waals surface area (Å²) >= 11 is 0. The van der Waals surface area contributed by atoms with Gasteiger partial charge < -0.3 is 24.1 Å². The van der Waals surface area contributed by atoms with Crippen LogP contribution in [0.2, 0.25) is 0 Å². The number of benzene rings is 2. The van der Waals surface area contributed by atoms with Crippen molar-refractivity contribution < 1.29 is 37.8 Å². The third-order valence-corrected chi connectivity index (χ3v) is 5.85. The van der Waals surface area contributed by atoms with Crippen molar-refractivity contribution in [2.45, 2.75) is 38.9 Å². The highest BCUT2D eigenvalue weighted by Gasteiger charge is 2.57. The lowest BCUT2D eigenvalue weighted by atomic mass is 9.96. The number of carbonyl (C=O) groups is 2. The molecule has 30 heavy (non-hydrogen) atoms. The fourth-order valence-electron chi connectivity index (χ4n) is 3.98. The number of fused-ring (bicyclic) bond motifs is 1. The van der Waals surface area contributed by atoms with Gasteiger partial charge in [0.15, 0.2) is 11.5 Å². The SMILES string of the molecule is [2H]C([2H])([2H])Oc1c(OC)ccc(-c2ccc3c(c2)COC3=O)c1OC(CC)C1(C(=O)O)CC1. The van der Waals surface area contributed by atoms with Gasteiger partial charge in [-0.2, -0.15) is 0 Å². The maximum absolute atomic E-state index is 12.0. The molecule has 1 saturated carbocycles. The van der Waals surface area contributed by atoms with Crippen molar-refractivity contribution in [2.75, 3.05) is 14.1 Å². The van der Waals surface area contributed by atoms with Crippen molar-refractivity contribution in [1.29, 1.82) is 0 Å². The molecule has 1 N–H and O–H groups in total. The summed E-state index contributed by atoms with van der Waals surface area (Å²) in [6.45, 7) is 1.95. The molecule has 0 spiro atoms. The van der Waals surface area contributed by atoms with E-state index in [0.717, 1.165) is 0 Å². The zero-order chi connectivity index (χ0) is 24.0. The predicted octanol–water partition coefficient (Wildman–Crippen LogP) is 4.06. The molecular formula is C23H24O7. The summed E-state index contributed by atoms with van der Waals surface area (Å²) in [6, 6.07) is 8.34. The van der Waals surface area contributed by atoms with E-state index in [-0.39, 0.29) is 23.9 Å². The molecule has 158 valence electrons. The van der Waals surface area contributed by atoms with Gasteiger partial charge in [-0.25, -0.2) is 4.79 Å². The van der Waals surface area contributed by atoms with Crippen molar-refractivity contribution in [1.82, 2.24) is 0 Å². The topological polar surface area (TPSA) is 91.3 Å². The minimum atomic E-state index is -2.80. The van der Waals surface area contributed by atoms with Gasteiger partial charge in [0.05, 0.1) is 23.8 Å². The molecule has 0 aromatic heterocycles. The van der Waals surface area contributed by atoms with E-state index in [4.69, 9.17) is 23.1 Å². The van der Waals surface area contributed by atoms with Gasteiger partial charge in [0, 0.05) is 11.1 Å². The van der Waals surface area contributed by atoms with Crippen LogP contribution in [0.4, 0.5) is 0 Å². The Morgan fingerprint density at radius 3 is 2.63 bits per heavy atom. The third-order valence-electron chi connectivity index (χ3n) is 5.85. The summed E-state index contributed by atoms with van der Waals surface area (Å²) in [7, 11) is -1.42. The summed E-state index contributed by atoms with van der Waals surface area (Å²) in [5.41, 5.74) is 1.23. The Balaban J connectivity index is 1.87. The molecular weight excluding hydrogens is 388 g/mol. The van der Waals surface area contributed by atoms with Crippen LogP contribution in [0.5, 0.6) is 17.2 Å². The van der Waals surface area contributed by atoms with E-state index < -0.39 is 30.5 Å². The number of ether oxygens (including phenoxy) is 4. The normalized spacial score (nSPS) is 18.9. The number of hydrogen-bond donors (Lipinski definition) is 1. The molecule has 1 fully saturated rings. The van der Waals surface area contributed by atoms with Gasteiger partial charge in [-0.15, -0.1) is 0 Å². The first-order valence-corrected chi connectivity index (χ1v) is 9.70. The summed E-state index contributed by atoms with van der Waals surface area (Å²) in [5, 5.41) is 9.79. The molecule has 7 heteroatoms. The third kappa shape index (κ3) is 3.14. The van der Waals surface area contributed by atoms with Gasteiger partial charge >= 0.3 is 11.9 Å². The lowest BCUT2D eigenvalue weighted by Gasteiger charge is -2.27. The van der Waals surface area contributed by atoms with Crippen molar-refractivity contribution in [3.63, 3.8) is 0 Å². The zero-order valence-corrected chi connectivity index (χ0v) is 16.7. The van der Waals surface area contributed by atoms with E-state index in [2.05, 4.69) is 0 Å². The summed E-state index contributed by atoms with van der Waals surface area (Å²) < 4.78 is 44.8. The van der Waals surface area contributed by atoms with E-state index in [1.165, 1.54) is 7.11 Å².